The zero-order valence-electron chi connectivity index (χ0n) is 16.3. The Bertz CT molecular complexity index is 777. The minimum absolute atomic E-state index is 0.177. The molecule has 0 radical (unpaired) electrons. The highest BCUT2D eigenvalue weighted by Gasteiger charge is 2.17. The van der Waals surface area contributed by atoms with Crippen molar-refractivity contribution >= 4 is 17.6 Å². The van der Waals surface area contributed by atoms with Gasteiger partial charge in [-0.1, -0.05) is 12.1 Å². The number of nitrogens with one attached hydrogen (secondary N) is 2. The Morgan fingerprint density at radius 3 is 2.52 bits per heavy atom. The first kappa shape index (κ1) is 20.4. The summed E-state index contributed by atoms with van der Waals surface area (Å²) in [6, 6.07) is 8.89. The molecule has 0 aliphatic carbocycles. The molecule has 27 heavy (non-hydrogen) atoms. The fraction of sp³-hybridized carbons (Fsp3) is 0.350. The topological polar surface area (TPSA) is 77.6 Å². The molecular weight excluding hydrogens is 342 g/mol. The molecule has 1 heterocycles. The lowest BCUT2D eigenvalue weighted by atomic mass is 10.1. The van der Waals surface area contributed by atoms with Gasteiger partial charge in [-0.05, 0) is 50.3 Å². The third kappa shape index (κ3) is 5.79. The van der Waals surface area contributed by atoms with Crippen LogP contribution in [0.5, 0.6) is 0 Å². The maximum Gasteiger partial charge on any atom is 0.322 e. The summed E-state index contributed by atoms with van der Waals surface area (Å²) in [6.07, 6.45) is 3.47. The number of amides is 3. The van der Waals surface area contributed by atoms with Crippen molar-refractivity contribution in [1.29, 1.82) is 0 Å². The number of anilines is 1. The molecule has 2 rings (SSSR count). The van der Waals surface area contributed by atoms with Crippen molar-refractivity contribution in [2.45, 2.75) is 13.5 Å². The second kappa shape index (κ2) is 9.68. The van der Waals surface area contributed by atoms with E-state index in [2.05, 4.69) is 15.6 Å². The van der Waals surface area contributed by atoms with Gasteiger partial charge in [-0.3, -0.25) is 9.78 Å². The molecule has 0 aliphatic rings. The standard InChI is InChI=1S/C20H27N5O2/c1-15-17(19(26)21-2)8-5-9-18(15)23-20(27)25(12-11-24(3)4)14-16-7-6-10-22-13-16/h5-10,13H,11-12,14H2,1-4H3,(H,21,26)(H,23,27). The van der Waals surface area contributed by atoms with E-state index in [0.717, 1.165) is 17.7 Å². The number of pyridine rings is 1. The van der Waals surface area contributed by atoms with E-state index in [4.69, 9.17) is 0 Å². The number of carbonyl (C=O) groups is 2. The van der Waals surface area contributed by atoms with Crippen molar-refractivity contribution < 1.29 is 9.59 Å². The van der Waals surface area contributed by atoms with E-state index >= 15 is 0 Å². The molecule has 1 aromatic heterocycles. The average Bonchev–Trinajstić information content (AvgIpc) is 2.66. The number of likely N-dealkylation sites (N-methyl/N-ethyl adjacent to an activating group) is 1. The Balaban J connectivity index is 2.18. The first-order valence-electron chi connectivity index (χ1n) is 8.83. The maximum atomic E-state index is 12.9. The first-order chi connectivity index (χ1) is 12.9. The van der Waals surface area contributed by atoms with E-state index in [1.165, 1.54) is 0 Å². The van der Waals surface area contributed by atoms with Crippen LogP contribution in [0.25, 0.3) is 0 Å². The van der Waals surface area contributed by atoms with Crippen LogP contribution in [0.4, 0.5) is 10.5 Å². The molecule has 0 saturated carbocycles. The number of nitrogens with zero attached hydrogens (tertiary/aromatic N) is 3. The summed E-state index contributed by atoms with van der Waals surface area (Å²) in [4.78, 5) is 32.8. The average molecular weight is 369 g/mol. The van der Waals surface area contributed by atoms with Gasteiger partial charge in [0, 0.05) is 50.3 Å². The molecule has 7 heteroatoms. The van der Waals surface area contributed by atoms with Gasteiger partial charge in [-0.15, -0.1) is 0 Å². The summed E-state index contributed by atoms with van der Waals surface area (Å²) < 4.78 is 0. The maximum absolute atomic E-state index is 12.9. The van der Waals surface area contributed by atoms with Crippen LogP contribution in [0.15, 0.2) is 42.7 Å². The van der Waals surface area contributed by atoms with Crippen LogP contribution in [0.3, 0.4) is 0 Å². The van der Waals surface area contributed by atoms with E-state index in [9.17, 15) is 9.59 Å². The highest BCUT2D eigenvalue weighted by atomic mass is 16.2. The Kier molecular flexibility index (Phi) is 7.31. The van der Waals surface area contributed by atoms with Gasteiger partial charge in [-0.25, -0.2) is 4.79 Å². The van der Waals surface area contributed by atoms with Gasteiger partial charge >= 0.3 is 6.03 Å². The smallest absolute Gasteiger partial charge is 0.322 e. The lowest BCUT2D eigenvalue weighted by molar-refractivity contribution is 0.0962. The van der Waals surface area contributed by atoms with Crippen molar-refractivity contribution in [3.05, 3.63) is 59.4 Å². The van der Waals surface area contributed by atoms with Crippen molar-refractivity contribution in [2.75, 3.05) is 39.5 Å². The number of hydrogen-bond acceptors (Lipinski definition) is 4. The molecule has 7 nitrogen and oxygen atoms in total. The minimum atomic E-state index is -0.210. The summed E-state index contributed by atoms with van der Waals surface area (Å²) in [5.74, 6) is -0.177. The van der Waals surface area contributed by atoms with Crippen LogP contribution >= 0.6 is 0 Å². The summed E-state index contributed by atoms with van der Waals surface area (Å²) in [5.41, 5.74) is 2.87. The van der Waals surface area contributed by atoms with Crippen LogP contribution in [-0.2, 0) is 6.54 Å². The summed E-state index contributed by atoms with van der Waals surface area (Å²) >= 11 is 0. The first-order valence-corrected chi connectivity index (χ1v) is 8.83. The zero-order valence-corrected chi connectivity index (χ0v) is 16.3. The number of benzene rings is 1. The van der Waals surface area contributed by atoms with Crippen molar-refractivity contribution in [1.82, 2.24) is 20.1 Å². The second-order valence-corrected chi connectivity index (χ2v) is 6.57. The van der Waals surface area contributed by atoms with E-state index in [1.54, 1.807) is 42.5 Å². The molecule has 0 spiro atoms. The largest absolute Gasteiger partial charge is 0.355 e. The van der Waals surface area contributed by atoms with Crippen LogP contribution in [0, 0.1) is 6.92 Å². The monoisotopic (exact) mass is 369 g/mol. The quantitative estimate of drug-likeness (QED) is 0.785. The minimum Gasteiger partial charge on any atom is -0.355 e. The summed E-state index contributed by atoms with van der Waals surface area (Å²) in [5, 5.41) is 5.56. The van der Waals surface area contributed by atoms with E-state index in [-0.39, 0.29) is 11.9 Å². The van der Waals surface area contributed by atoms with Gasteiger partial charge in [0.2, 0.25) is 0 Å². The van der Waals surface area contributed by atoms with Crippen molar-refractivity contribution in [2.24, 2.45) is 0 Å². The Morgan fingerprint density at radius 1 is 1.11 bits per heavy atom. The van der Waals surface area contributed by atoms with Gasteiger partial charge in [-0.2, -0.15) is 0 Å². The summed E-state index contributed by atoms with van der Waals surface area (Å²) in [6.45, 7) is 3.60. The molecular formula is C20H27N5O2. The van der Waals surface area contributed by atoms with Crippen LogP contribution in [-0.4, -0.2) is 61.0 Å². The lowest BCUT2D eigenvalue weighted by Crippen LogP contribution is -2.39. The Morgan fingerprint density at radius 2 is 1.89 bits per heavy atom. The molecule has 0 aliphatic heterocycles. The van der Waals surface area contributed by atoms with Gasteiger partial charge in [0.15, 0.2) is 0 Å². The number of rotatable bonds is 7. The highest BCUT2D eigenvalue weighted by molar-refractivity contribution is 5.98. The van der Waals surface area contributed by atoms with Crippen molar-refractivity contribution in [3.63, 3.8) is 0 Å². The van der Waals surface area contributed by atoms with Gasteiger partial charge < -0.3 is 20.4 Å². The zero-order chi connectivity index (χ0) is 19.8. The second-order valence-electron chi connectivity index (χ2n) is 6.57. The molecule has 3 amide bonds. The fourth-order valence-electron chi connectivity index (χ4n) is 2.63. The molecule has 1 aromatic carbocycles. The predicted molar refractivity (Wildman–Crippen MR) is 107 cm³/mol. The number of aromatic nitrogens is 1. The molecule has 0 unspecified atom stereocenters. The number of urea groups is 1. The van der Waals surface area contributed by atoms with Crippen molar-refractivity contribution in [3.8, 4) is 0 Å². The third-order valence-electron chi connectivity index (χ3n) is 4.25. The molecule has 0 fully saturated rings. The highest BCUT2D eigenvalue weighted by Crippen LogP contribution is 2.20. The number of hydrogen-bond donors (Lipinski definition) is 2. The van der Waals surface area contributed by atoms with E-state index < -0.39 is 0 Å². The van der Waals surface area contributed by atoms with E-state index in [1.807, 2.05) is 38.1 Å². The third-order valence-corrected chi connectivity index (χ3v) is 4.25. The Hall–Kier alpha value is -2.93. The SMILES string of the molecule is CNC(=O)c1cccc(NC(=O)N(CCN(C)C)Cc2cccnc2)c1C. The van der Waals surface area contributed by atoms with Gasteiger partial charge in [0.05, 0.1) is 0 Å². The molecule has 144 valence electrons. The molecule has 0 bridgehead atoms. The molecule has 0 saturated heterocycles. The van der Waals surface area contributed by atoms with Gasteiger partial charge in [0.25, 0.3) is 5.91 Å². The predicted octanol–water partition coefficient (Wildman–Crippen LogP) is 2.35. The van der Waals surface area contributed by atoms with E-state index in [0.29, 0.717) is 24.3 Å². The van der Waals surface area contributed by atoms with Crippen LogP contribution in [0.1, 0.15) is 21.5 Å². The normalized spacial score (nSPS) is 10.6. The molecule has 2 aromatic rings. The summed E-state index contributed by atoms with van der Waals surface area (Å²) in [7, 11) is 5.53. The van der Waals surface area contributed by atoms with Crippen LogP contribution < -0.4 is 10.6 Å². The van der Waals surface area contributed by atoms with Crippen LogP contribution in [0.2, 0.25) is 0 Å². The number of carbonyl (C=O) groups excluding carboxylic acids is 2. The lowest BCUT2D eigenvalue weighted by Gasteiger charge is -2.25. The Labute approximate surface area is 160 Å². The van der Waals surface area contributed by atoms with Gasteiger partial charge in [0.1, 0.15) is 0 Å². The molecule has 0 atom stereocenters. The fourth-order valence-corrected chi connectivity index (χ4v) is 2.63. The molecule has 2 N–H and O–H groups in total.